The maximum Gasteiger partial charge on any atom is 0.341 e. The number of anilines is 1. The number of aliphatic carboxylic acids is 1. The van der Waals surface area contributed by atoms with E-state index in [9.17, 15) is 22.0 Å². The SMILES string of the molecule is CC(CCCNc1ccccc1S(=O)(=O)C(F)F)C(=O)O. The van der Waals surface area contributed by atoms with E-state index < -0.39 is 32.4 Å². The molecular formula is C13H17F2NO4S. The molecule has 118 valence electrons. The molecule has 2 N–H and O–H groups in total. The number of hydrogen-bond donors (Lipinski definition) is 2. The lowest BCUT2D eigenvalue weighted by Crippen LogP contribution is -2.15. The second kappa shape index (κ2) is 7.35. The van der Waals surface area contributed by atoms with Crippen LogP contribution >= 0.6 is 0 Å². The Morgan fingerprint density at radius 1 is 1.33 bits per heavy atom. The molecule has 1 rings (SSSR count). The van der Waals surface area contributed by atoms with Gasteiger partial charge in [0, 0.05) is 6.54 Å². The molecular weight excluding hydrogens is 304 g/mol. The van der Waals surface area contributed by atoms with Gasteiger partial charge in [0.15, 0.2) is 0 Å². The van der Waals surface area contributed by atoms with Gasteiger partial charge < -0.3 is 10.4 Å². The monoisotopic (exact) mass is 321 g/mol. The van der Waals surface area contributed by atoms with Crippen LogP contribution < -0.4 is 5.32 Å². The Labute approximate surface area is 121 Å². The van der Waals surface area contributed by atoms with Crippen LogP contribution in [0.1, 0.15) is 19.8 Å². The van der Waals surface area contributed by atoms with E-state index >= 15 is 0 Å². The first-order valence-electron chi connectivity index (χ1n) is 6.34. The Bertz CT molecular complexity index is 590. The van der Waals surface area contributed by atoms with Gasteiger partial charge in [-0.1, -0.05) is 19.1 Å². The average Bonchev–Trinajstić information content (AvgIpc) is 2.43. The normalized spacial score (nSPS) is 13.1. The van der Waals surface area contributed by atoms with Gasteiger partial charge in [0.25, 0.3) is 0 Å². The van der Waals surface area contributed by atoms with Crippen molar-refractivity contribution in [2.45, 2.75) is 30.4 Å². The highest BCUT2D eigenvalue weighted by molar-refractivity contribution is 7.91. The van der Waals surface area contributed by atoms with Gasteiger partial charge in [0.05, 0.1) is 16.5 Å². The Balaban J connectivity index is 2.71. The van der Waals surface area contributed by atoms with Crippen LogP contribution in [0.3, 0.4) is 0 Å². The minimum Gasteiger partial charge on any atom is -0.481 e. The molecule has 1 aromatic carbocycles. The minimum absolute atomic E-state index is 0.0979. The lowest BCUT2D eigenvalue weighted by atomic mass is 10.1. The molecule has 0 amide bonds. The van der Waals surface area contributed by atoms with Gasteiger partial charge in [-0.2, -0.15) is 8.78 Å². The van der Waals surface area contributed by atoms with Crippen molar-refractivity contribution in [3.63, 3.8) is 0 Å². The maximum absolute atomic E-state index is 12.6. The molecule has 8 heteroatoms. The second-order valence-corrected chi connectivity index (χ2v) is 6.50. The zero-order valence-corrected chi connectivity index (χ0v) is 12.2. The molecule has 1 aromatic rings. The van der Waals surface area contributed by atoms with Crippen molar-refractivity contribution in [3.05, 3.63) is 24.3 Å². The van der Waals surface area contributed by atoms with Crippen LogP contribution in [0.2, 0.25) is 0 Å². The summed E-state index contributed by atoms with van der Waals surface area (Å²) in [5.41, 5.74) is 0.0979. The van der Waals surface area contributed by atoms with E-state index in [0.717, 1.165) is 6.07 Å². The summed E-state index contributed by atoms with van der Waals surface area (Å²) in [5.74, 6) is -4.89. The summed E-state index contributed by atoms with van der Waals surface area (Å²) < 4.78 is 48.2. The Kier molecular flexibility index (Phi) is 6.07. The van der Waals surface area contributed by atoms with Crippen LogP contribution in [0.25, 0.3) is 0 Å². The maximum atomic E-state index is 12.6. The van der Waals surface area contributed by atoms with Gasteiger partial charge in [-0.05, 0) is 25.0 Å². The summed E-state index contributed by atoms with van der Waals surface area (Å²) in [5, 5.41) is 11.5. The van der Waals surface area contributed by atoms with Crippen LogP contribution in [0, 0.1) is 5.92 Å². The molecule has 0 heterocycles. The van der Waals surface area contributed by atoms with Gasteiger partial charge in [-0.25, -0.2) is 8.42 Å². The molecule has 21 heavy (non-hydrogen) atoms. The van der Waals surface area contributed by atoms with E-state index in [2.05, 4.69) is 5.32 Å². The summed E-state index contributed by atoms with van der Waals surface area (Å²) in [4.78, 5) is 10.2. The van der Waals surface area contributed by atoms with Crippen molar-refractivity contribution >= 4 is 21.5 Å². The zero-order chi connectivity index (χ0) is 16.0. The van der Waals surface area contributed by atoms with Crippen molar-refractivity contribution in [1.82, 2.24) is 0 Å². The molecule has 0 fully saturated rings. The predicted molar refractivity (Wildman–Crippen MR) is 74.2 cm³/mol. The van der Waals surface area contributed by atoms with E-state index in [1.54, 1.807) is 6.92 Å². The predicted octanol–water partition coefficient (Wildman–Crippen LogP) is 2.60. The van der Waals surface area contributed by atoms with E-state index in [1.165, 1.54) is 18.2 Å². The van der Waals surface area contributed by atoms with Crippen LogP contribution in [0.5, 0.6) is 0 Å². The number of halogens is 2. The minimum atomic E-state index is -4.66. The smallest absolute Gasteiger partial charge is 0.341 e. The van der Waals surface area contributed by atoms with Crippen molar-refractivity contribution in [2.24, 2.45) is 5.92 Å². The van der Waals surface area contributed by atoms with Crippen LogP contribution in [0.15, 0.2) is 29.2 Å². The number of carboxylic acids is 1. The number of alkyl halides is 2. The number of hydrogen-bond acceptors (Lipinski definition) is 4. The fourth-order valence-corrected chi connectivity index (χ4v) is 2.62. The molecule has 0 aromatic heterocycles. The summed E-state index contributed by atoms with van der Waals surface area (Å²) in [6.07, 6.45) is 0.891. The summed E-state index contributed by atoms with van der Waals surface area (Å²) >= 11 is 0. The highest BCUT2D eigenvalue weighted by Gasteiger charge is 2.28. The quantitative estimate of drug-likeness (QED) is 0.719. The van der Waals surface area contributed by atoms with Crippen molar-refractivity contribution in [3.8, 4) is 0 Å². The molecule has 0 radical (unpaired) electrons. The Morgan fingerprint density at radius 3 is 2.52 bits per heavy atom. The molecule has 0 bridgehead atoms. The molecule has 5 nitrogen and oxygen atoms in total. The Hall–Kier alpha value is -1.70. The molecule has 0 saturated carbocycles. The highest BCUT2D eigenvalue weighted by Crippen LogP contribution is 2.26. The average molecular weight is 321 g/mol. The number of nitrogens with one attached hydrogen (secondary N) is 1. The fraction of sp³-hybridized carbons (Fsp3) is 0.462. The van der Waals surface area contributed by atoms with Gasteiger partial charge in [0.1, 0.15) is 0 Å². The first kappa shape index (κ1) is 17.4. The second-order valence-electron chi connectivity index (χ2n) is 4.61. The molecule has 0 aliphatic heterocycles. The van der Waals surface area contributed by atoms with Crippen LogP contribution in [-0.2, 0) is 14.6 Å². The van der Waals surface area contributed by atoms with Crippen molar-refractivity contribution in [1.29, 1.82) is 0 Å². The van der Waals surface area contributed by atoms with E-state index in [1.807, 2.05) is 0 Å². The summed E-state index contributed by atoms with van der Waals surface area (Å²) in [6, 6.07) is 5.42. The highest BCUT2D eigenvalue weighted by atomic mass is 32.2. The molecule has 1 atom stereocenters. The van der Waals surface area contributed by atoms with E-state index in [0.29, 0.717) is 19.4 Å². The zero-order valence-electron chi connectivity index (χ0n) is 11.4. The van der Waals surface area contributed by atoms with Crippen molar-refractivity contribution in [2.75, 3.05) is 11.9 Å². The fourth-order valence-electron chi connectivity index (χ4n) is 1.71. The van der Waals surface area contributed by atoms with Crippen molar-refractivity contribution < 1.29 is 27.1 Å². The third kappa shape index (κ3) is 4.66. The molecule has 0 aliphatic carbocycles. The number of rotatable bonds is 8. The van der Waals surface area contributed by atoms with E-state index in [4.69, 9.17) is 5.11 Å². The number of carbonyl (C=O) groups is 1. The largest absolute Gasteiger partial charge is 0.481 e. The lowest BCUT2D eigenvalue weighted by molar-refractivity contribution is -0.141. The summed E-state index contributed by atoms with van der Waals surface area (Å²) in [7, 11) is -4.66. The molecule has 1 unspecified atom stereocenters. The molecule has 0 saturated heterocycles. The molecule has 0 spiro atoms. The van der Waals surface area contributed by atoms with Gasteiger partial charge in [-0.3, -0.25) is 4.79 Å². The van der Waals surface area contributed by atoms with Gasteiger partial charge >= 0.3 is 11.7 Å². The first-order valence-corrected chi connectivity index (χ1v) is 7.89. The standard InChI is InChI=1S/C13H17F2NO4S/c1-9(12(17)18)5-4-8-16-10-6-2-3-7-11(10)21(19,20)13(14)15/h2-3,6-7,9,13,16H,4-5,8H2,1H3,(H,17,18). The number of sulfone groups is 1. The van der Waals surface area contributed by atoms with Crippen LogP contribution in [-0.4, -0.2) is 31.8 Å². The number of benzene rings is 1. The van der Waals surface area contributed by atoms with Gasteiger partial charge in [-0.15, -0.1) is 0 Å². The first-order chi connectivity index (χ1) is 9.76. The Morgan fingerprint density at radius 2 is 1.95 bits per heavy atom. The number of para-hydroxylation sites is 1. The third-order valence-electron chi connectivity index (χ3n) is 2.98. The summed E-state index contributed by atoms with van der Waals surface area (Å²) in [6.45, 7) is 1.87. The van der Waals surface area contributed by atoms with Gasteiger partial charge in [0.2, 0.25) is 9.84 Å². The van der Waals surface area contributed by atoms with Crippen LogP contribution in [0.4, 0.5) is 14.5 Å². The lowest BCUT2D eigenvalue weighted by Gasteiger charge is -2.12. The topological polar surface area (TPSA) is 83.5 Å². The number of carboxylic acid groups (broad SMARTS) is 1. The van der Waals surface area contributed by atoms with E-state index in [-0.39, 0.29) is 5.69 Å². The third-order valence-corrected chi connectivity index (χ3v) is 4.42. The molecule has 0 aliphatic rings.